The minimum Gasteiger partial charge on any atom is -0.397 e. The molecule has 0 atom stereocenters. The second kappa shape index (κ2) is 5.73. The normalized spacial score (nSPS) is 11.1. The molecule has 5 nitrogen and oxygen atoms in total. The van der Waals surface area contributed by atoms with E-state index in [9.17, 15) is 8.42 Å². The molecular formula is C11H7Br2N3O2S2. The first-order valence-corrected chi connectivity index (χ1v) is 8.99. The van der Waals surface area contributed by atoms with Gasteiger partial charge in [-0.1, -0.05) is 15.9 Å². The molecule has 0 saturated carbocycles. The lowest BCUT2D eigenvalue weighted by molar-refractivity contribution is 0.603. The smallest absolute Gasteiger partial charge is 0.271 e. The Bertz CT molecular complexity index is 786. The lowest BCUT2D eigenvalue weighted by Gasteiger charge is -2.11. The molecule has 9 heteroatoms. The summed E-state index contributed by atoms with van der Waals surface area (Å²) in [6.45, 7) is 0. The zero-order valence-corrected chi connectivity index (χ0v) is 14.5. The zero-order valence-electron chi connectivity index (χ0n) is 9.72. The van der Waals surface area contributed by atoms with Gasteiger partial charge >= 0.3 is 0 Å². The number of rotatable bonds is 3. The van der Waals surface area contributed by atoms with Crippen LogP contribution in [0.4, 0.5) is 11.4 Å². The summed E-state index contributed by atoms with van der Waals surface area (Å²) < 4.78 is 28.2. The number of nitrogens with zero attached hydrogens (tertiary/aromatic N) is 1. The average Bonchev–Trinajstić information content (AvgIpc) is 2.83. The maximum absolute atomic E-state index is 12.2. The Labute approximate surface area is 136 Å². The highest BCUT2D eigenvalue weighted by Crippen LogP contribution is 2.34. The molecule has 20 heavy (non-hydrogen) atoms. The molecule has 0 saturated heterocycles. The van der Waals surface area contributed by atoms with Crippen molar-refractivity contribution in [3.8, 4) is 6.07 Å². The van der Waals surface area contributed by atoms with Gasteiger partial charge in [0, 0.05) is 8.95 Å². The van der Waals surface area contributed by atoms with Gasteiger partial charge in [0.25, 0.3) is 10.0 Å². The molecule has 0 unspecified atom stereocenters. The van der Waals surface area contributed by atoms with Crippen molar-refractivity contribution in [1.29, 1.82) is 5.26 Å². The number of nitrogens with one attached hydrogen (secondary N) is 1. The third-order valence-electron chi connectivity index (χ3n) is 2.28. The number of halogens is 2. The van der Waals surface area contributed by atoms with Crippen molar-refractivity contribution in [3.63, 3.8) is 0 Å². The first kappa shape index (κ1) is 15.3. The van der Waals surface area contributed by atoms with Gasteiger partial charge < -0.3 is 5.73 Å². The van der Waals surface area contributed by atoms with Crippen LogP contribution in [0.25, 0.3) is 0 Å². The van der Waals surface area contributed by atoms with Gasteiger partial charge in [-0.25, -0.2) is 8.42 Å². The van der Waals surface area contributed by atoms with Crippen LogP contribution in [-0.2, 0) is 10.0 Å². The summed E-state index contributed by atoms with van der Waals surface area (Å²) in [5, 5.41) is 8.74. The van der Waals surface area contributed by atoms with Gasteiger partial charge in [0.1, 0.15) is 15.2 Å². The molecule has 1 aromatic carbocycles. The summed E-state index contributed by atoms with van der Waals surface area (Å²) in [6.07, 6.45) is 0. The van der Waals surface area contributed by atoms with Crippen molar-refractivity contribution in [2.75, 3.05) is 10.5 Å². The van der Waals surface area contributed by atoms with Crippen LogP contribution in [0.2, 0.25) is 0 Å². The molecule has 0 spiro atoms. The number of sulfonamides is 1. The molecule has 3 N–H and O–H groups in total. The van der Waals surface area contributed by atoms with E-state index >= 15 is 0 Å². The van der Waals surface area contributed by atoms with Crippen LogP contribution >= 0.6 is 43.2 Å². The van der Waals surface area contributed by atoms with Gasteiger partial charge in [0.2, 0.25) is 0 Å². The number of hydrogen-bond donors (Lipinski definition) is 2. The van der Waals surface area contributed by atoms with E-state index in [-0.39, 0.29) is 15.6 Å². The maximum Gasteiger partial charge on any atom is 0.271 e. The van der Waals surface area contributed by atoms with Gasteiger partial charge in [-0.05, 0) is 40.2 Å². The van der Waals surface area contributed by atoms with E-state index < -0.39 is 10.0 Å². The van der Waals surface area contributed by atoms with Crippen molar-refractivity contribution >= 4 is 64.6 Å². The molecule has 0 aliphatic rings. The minimum absolute atomic E-state index is 0.0586. The Hall–Kier alpha value is -1.08. The number of benzene rings is 1. The highest BCUT2D eigenvalue weighted by atomic mass is 79.9. The second-order valence-corrected chi connectivity index (χ2v) is 8.45. The number of anilines is 2. The molecule has 104 valence electrons. The number of nitriles is 1. The van der Waals surface area contributed by atoms with Crippen LogP contribution in [-0.4, -0.2) is 8.42 Å². The standard InChI is InChI=1S/C11H7Br2N3O2S2/c12-6-3-8(13)11(9(15)4-6)16-20(17,18)10-2-1-7(5-14)19-10/h1-4,16H,15H2. The SMILES string of the molecule is N#Cc1ccc(S(=O)(=O)Nc2c(N)cc(Br)cc2Br)s1. The van der Waals surface area contributed by atoms with Crippen LogP contribution in [0.1, 0.15) is 4.88 Å². The Morgan fingerprint density at radius 1 is 1.30 bits per heavy atom. The average molecular weight is 437 g/mol. The molecular weight excluding hydrogens is 430 g/mol. The Morgan fingerprint density at radius 3 is 2.55 bits per heavy atom. The molecule has 2 rings (SSSR count). The highest BCUT2D eigenvalue weighted by molar-refractivity contribution is 9.11. The fraction of sp³-hybridized carbons (Fsp3) is 0. The monoisotopic (exact) mass is 435 g/mol. The van der Waals surface area contributed by atoms with E-state index in [1.165, 1.54) is 12.1 Å². The summed E-state index contributed by atoms with van der Waals surface area (Å²) in [5.74, 6) is 0. The van der Waals surface area contributed by atoms with Crippen LogP contribution in [0.3, 0.4) is 0 Å². The lowest BCUT2D eigenvalue weighted by Crippen LogP contribution is -2.13. The van der Waals surface area contributed by atoms with Gasteiger partial charge in [-0.3, -0.25) is 4.72 Å². The van der Waals surface area contributed by atoms with Crippen molar-refractivity contribution in [2.24, 2.45) is 0 Å². The first-order chi connectivity index (χ1) is 9.33. The zero-order chi connectivity index (χ0) is 14.9. The van der Waals surface area contributed by atoms with E-state index in [1.807, 2.05) is 6.07 Å². The number of hydrogen-bond acceptors (Lipinski definition) is 5. The number of nitrogens with two attached hydrogens (primary N) is 1. The topological polar surface area (TPSA) is 96.0 Å². The summed E-state index contributed by atoms with van der Waals surface area (Å²) >= 11 is 7.42. The molecule has 0 fully saturated rings. The minimum atomic E-state index is -3.77. The molecule has 0 aliphatic carbocycles. The van der Waals surface area contributed by atoms with Gasteiger partial charge in [-0.15, -0.1) is 11.3 Å². The van der Waals surface area contributed by atoms with Crippen molar-refractivity contribution in [2.45, 2.75) is 4.21 Å². The molecule has 0 bridgehead atoms. The van der Waals surface area contributed by atoms with E-state index in [1.54, 1.807) is 12.1 Å². The summed E-state index contributed by atoms with van der Waals surface area (Å²) in [7, 11) is -3.77. The summed E-state index contributed by atoms with van der Waals surface area (Å²) in [4.78, 5) is 0.327. The number of thiophene rings is 1. The van der Waals surface area contributed by atoms with Crippen LogP contribution in [0.15, 0.2) is 37.4 Å². The number of nitrogen functional groups attached to an aromatic ring is 1. The van der Waals surface area contributed by atoms with E-state index in [2.05, 4.69) is 36.6 Å². The summed E-state index contributed by atoms with van der Waals surface area (Å²) in [5.41, 5.74) is 6.35. The first-order valence-electron chi connectivity index (χ1n) is 5.11. The van der Waals surface area contributed by atoms with E-state index in [0.717, 1.165) is 15.8 Å². The molecule has 2 aromatic rings. The van der Waals surface area contributed by atoms with E-state index in [0.29, 0.717) is 9.35 Å². The Balaban J connectivity index is 2.41. The quantitative estimate of drug-likeness (QED) is 0.719. The molecule has 0 aliphatic heterocycles. The Morgan fingerprint density at radius 2 is 2.00 bits per heavy atom. The predicted octanol–water partition coefficient (Wildman–Crippen LogP) is 3.53. The van der Waals surface area contributed by atoms with E-state index in [4.69, 9.17) is 11.0 Å². The van der Waals surface area contributed by atoms with Crippen molar-refractivity contribution in [1.82, 2.24) is 0 Å². The fourth-order valence-corrected chi connectivity index (χ4v) is 5.11. The Kier molecular flexibility index (Phi) is 4.39. The molecule has 1 aromatic heterocycles. The van der Waals surface area contributed by atoms with Crippen LogP contribution < -0.4 is 10.5 Å². The molecule has 1 heterocycles. The fourth-order valence-electron chi connectivity index (χ4n) is 1.41. The predicted molar refractivity (Wildman–Crippen MR) is 86.1 cm³/mol. The third kappa shape index (κ3) is 3.15. The second-order valence-electron chi connectivity index (χ2n) is 3.69. The van der Waals surface area contributed by atoms with Crippen molar-refractivity contribution in [3.05, 3.63) is 38.1 Å². The van der Waals surface area contributed by atoms with Gasteiger partial charge in [0.05, 0.1) is 11.4 Å². The van der Waals surface area contributed by atoms with Crippen molar-refractivity contribution < 1.29 is 8.42 Å². The van der Waals surface area contributed by atoms with Crippen LogP contribution in [0.5, 0.6) is 0 Å². The van der Waals surface area contributed by atoms with Gasteiger partial charge in [-0.2, -0.15) is 5.26 Å². The highest BCUT2D eigenvalue weighted by Gasteiger charge is 2.20. The lowest BCUT2D eigenvalue weighted by atomic mass is 10.3. The maximum atomic E-state index is 12.2. The third-order valence-corrected chi connectivity index (χ3v) is 6.19. The van der Waals surface area contributed by atoms with Crippen LogP contribution in [0, 0.1) is 11.3 Å². The largest absolute Gasteiger partial charge is 0.397 e. The molecule has 0 amide bonds. The van der Waals surface area contributed by atoms with Gasteiger partial charge in [0.15, 0.2) is 0 Å². The molecule has 0 radical (unpaired) electrons. The summed E-state index contributed by atoms with van der Waals surface area (Å²) in [6, 6.07) is 8.02.